The minimum absolute atomic E-state index is 0.215. The average Bonchev–Trinajstić information content (AvgIpc) is 2.35. The van der Waals surface area contributed by atoms with E-state index in [1.54, 1.807) is 12.1 Å². The second-order valence-electron chi connectivity index (χ2n) is 3.85. The molecule has 4 nitrogen and oxygen atoms in total. The number of nitrogens with zero attached hydrogens (tertiary/aromatic N) is 2. The topological polar surface area (TPSA) is 51.0 Å². The molecule has 3 aromatic rings. The number of fused-ring (bicyclic) bond motifs is 2. The Morgan fingerprint density at radius 1 is 0.944 bits per heavy atom. The summed E-state index contributed by atoms with van der Waals surface area (Å²) in [6, 6.07) is 9.09. The van der Waals surface area contributed by atoms with Crippen molar-refractivity contribution in [3.05, 3.63) is 56.6 Å². The van der Waals surface area contributed by atoms with Gasteiger partial charge in [-0.25, -0.2) is 0 Å². The standard InChI is InChI=1S/C12H6Cl2N2O2/c13-7-1-3-9-11(5-7)16(18)12-6-8(14)2-4-10(12)15(9)17/h1-6H. The van der Waals surface area contributed by atoms with E-state index >= 15 is 0 Å². The van der Waals surface area contributed by atoms with Gasteiger partial charge in [0.2, 0.25) is 0 Å². The molecular weight excluding hydrogens is 275 g/mol. The first kappa shape index (κ1) is 11.3. The monoisotopic (exact) mass is 280 g/mol. The summed E-state index contributed by atoms with van der Waals surface area (Å²) in [5.74, 6) is 0. The second-order valence-corrected chi connectivity index (χ2v) is 4.73. The highest BCUT2D eigenvalue weighted by atomic mass is 35.5. The quantitative estimate of drug-likeness (QED) is 0.468. The van der Waals surface area contributed by atoms with Crippen LogP contribution in [0.5, 0.6) is 0 Å². The molecular formula is C12H6Cl2N2O2. The van der Waals surface area contributed by atoms with Gasteiger partial charge in [0.25, 0.3) is 11.0 Å². The van der Waals surface area contributed by atoms with Crippen molar-refractivity contribution >= 4 is 45.3 Å². The lowest BCUT2D eigenvalue weighted by Crippen LogP contribution is -2.19. The summed E-state index contributed by atoms with van der Waals surface area (Å²) in [6.07, 6.45) is 0. The maximum absolute atomic E-state index is 12.2. The Balaban J connectivity index is 2.65. The molecule has 0 atom stereocenters. The third-order valence-electron chi connectivity index (χ3n) is 2.75. The molecule has 3 rings (SSSR count). The van der Waals surface area contributed by atoms with E-state index in [0.717, 1.165) is 0 Å². The highest BCUT2D eigenvalue weighted by Crippen LogP contribution is 2.22. The van der Waals surface area contributed by atoms with E-state index in [9.17, 15) is 10.1 Å². The van der Waals surface area contributed by atoms with E-state index in [-0.39, 0.29) is 22.1 Å². The zero-order chi connectivity index (χ0) is 12.9. The molecule has 0 saturated heterocycles. The molecule has 0 amide bonds. The van der Waals surface area contributed by atoms with Crippen LogP contribution in [-0.2, 0) is 0 Å². The molecule has 0 spiro atoms. The molecule has 0 saturated carbocycles. The Bertz CT molecular complexity index is 777. The van der Waals surface area contributed by atoms with Gasteiger partial charge in [-0.05, 0) is 24.3 Å². The van der Waals surface area contributed by atoms with Gasteiger partial charge in [0, 0.05) is 27.1 Å². The van der Waals surface area contributed by atoms with Crippen molar-refractivity contribution in [2.45, 2.75) is 0 Å². The number of hydrogen-bond acceptors (Lipinski definition) is 2. The highest BCUT2D eigenvalue weighted by molar-refractivity contribution is 6.31. The van der Waals surface area contributed by atoms with Crippen molar-refractivity contribution in [3.63, 3.8) is 0 Å². The number of hydrogen-bond donors (Lipinski definition) is 0. The molecule has 0 aliphatic carbocycles. The molecule has 0 N–H and O–H groups in total. The highest BCUT2D eigenvalue weighted by Gasteiger charge is 2.15. The molecule has 1 aromatic heterocycles. The Morgan fingerprint density at radius 2 is 1.39 bits per heavy atom. The maximum Gasteiger partial charge on any atom is 0.286 e. The van der Waals surface area contributed by atoms with Gasteiger partial charge >= 0.3 is 0 Å². The summed E-state index contributed by atoms with van der Waals surface area (Å²) in [7, 11) is 0. The lowest BCUT2D eigenvalue weighted by atomic mass is 10.2. The van der Waals surface area contributed by atoms with E-state index in [4.69, 9.17) is 23.2 Å². The smallest absolute Gasteiger partial charge is 0.286 e. The van der Waals surface area contributed by atoms with Crippen LogP contribution >= 0.6 is 23.2 Å². The third kappa shape index (κ3) is 1.54. The van der Waals surface area contributed by atoms with Gasteiger partial charge in [0.15, 0.2) is 0 Å². The lowest BCUT2D eigenvalue weighted by molar-refractivity contribution is -0.432. The fourth-order valence-corrected chi connectivity index (χ4v) is 2.25. The Morgan fingerprint density at radius 3 is 1.83 bits per heavy atom. The SMILES string of the molecule is O=[n+]1c2ccc(Cl)cc2n([O-])c2cc(Cl)ccc21. The third-order valence-corrected chi connectivity index (χ3v) is 3.22. The molecule has 0 fully saturated rings. The first-order valence-corrected chi connectivity index (χ1v) is 5.87. The number of halogens is 2. The van der Waals surface area contributed by atoms with Gasteiger partial charge in [-0.15, -0.1) is 0 Å². The summed E-state index contributed by atoms with van der Waals surface area (Å²) in [6.45, 7) is 0. The van der Waals surface area contributed by atoms with Gasteiger partial charge < -0.3 is 9.94 Å². The number of benzene rings is 2. The fraction of sp³-hybridized carbons (Fsp3) is 0. The van der Waals surface area contributed by atoms with Gasteiger partial charge in [-0.2, -0.15) is 0 Å². The van der Waals surface area contributed by atoms with Crippen LogP contribution in [0.2, 0.25) is 10.0 Å². The predicted molar refractivity (Wildman–Crippen MR) is 71.6 cm³/mol. The zero-order valence-electron chi connectivity index (χ0n) is 8.93. The summed E-state index contributed by atoms with van der Waals surface area (Å²) in [5, 5.41) is 13.0. The van der Waals surface area contributed by atoms with Crippen LogP contribution < -0.4 is 4.43 Å². The molecule has 90 valence electrons. The summed E-state index contributed by atoms with van der Waals surface area (Å²) >= 11 is 11.7. The molecule has 0 bridgehead atoms. The molecule has 0 aliphatic rings. The fourth-order valence-electron chi connectivity index (χ4n) is 1.92. The van der Waals surface area contributed by atoms with Crippen LogP contribution in [0.15, 0.2) is 36.4 Å². The van der Waals surface area contributed by atoms with Crippen molar-refractivity contribution in [1.82, 2.24) is 4.73 Å². The molecule has 2 aromatic carbocycles. The minimum atomic E-state index is 0.215. The average molecular weight is 281 g/mol. The summed E-state index contributed by atoms with van der Waals surface area (Å²) < 4.78 is 1.36. The van der Waals surface area contributed by atoms with Crippen LogP contribution in [0.3, 0.4) is 0 Å². The zero-order valence-corrected chi connectivity index (χ0v) is 10.4. The van der Waals surface area contributed by atoms with E-state index in [2.05, 4.69) is 0 Å². The Hall–Kier alpha value is -1.78. The van der Waals surface area contributed by atoms with E-state index in [1.807, 2.05) is 0 Å². The lowest BCUT2D eigenvalue weighted by Gasteiger charge is -2.14. The second kappa shape index (κ2) is 3.86. The molecule has 0 radical (unpaired) electrons. The first-order valence-electron chi connectivity index (χ1n) is 5.11. The van der Waals surface area contributed by atoms with Crippen molar-refractivity contribution < 1.29 is 4.43 Å². The first-order chi connectivity index (χ1) is 8.58. The van der Waals surface area contributed by atoms with Gasteiger partial charge in [-0.3, -0.25) is 0 Å². The van der Waals surface area contributed by atoms with Crippen LogP contribution in [0.25, 0.3) is 22.1 Å². The van der Waals surface area contributed by atoms with Crippen molar-refractivity contribution in [2.24, 2.45) is 0 Å². The van der Waals surface area contributed by atoms with Crippen molar-refractivity contribution in [3.8, 4) is 0 Å². The van der Waals surface area contributed by atoms with E-state index in [0.29, 0.717) is 19.2 Å². The molecule has 18 heavy (non-hydrogen) atoms. The minimum Gasteiger partial charge on any atom is -0.805 e. The van der Waals surface area contributed by atoms with Crippen LogP contribution in [0, 0.1) is 10.1 Å². The van der Waals surface area contributed by atoms with Gasteiger partial charge in [0.05, 0.1) is 4.43 Å². The molecule has 0 unspecified atom stereocenters. The normalized spacial score (nSPS) is 11.2. The van der Waals surface area contributed by atoms with Crippen LogP contribution in [-0.4, -0.2) is 4.73 Å². The predicted octanol–water partition coefficient (Wildman–Crippen LogP) is 3.36. The van der Waals surface area contributed by atoms with E-state index < -0.39 is 0 Å². The van der Waals surface area contributed by atoms with Crippen molar-refractivity contribution in [1.29, 1.82) is 0 Å². The van der Waals surface area contributed by atoms with Gasteiger partial charge in [0.1, 0.15) is 11.0 Å². The molecule has 6 heteroatoms. The van der Waals surface area contributed by atoms with Crippen LogP contribution in [0.1, 0.15) is 0 Å². The summed E-state index contributed by atoms with van der Waals surface area (Å²) in [5.41, 5.74) is 0.966. The molecule has 0 aliphatic heterocycles. The molecule has 1 heterocycles. The number of aromatic nitrogens is 2. The van der Waals surface area contributed by atoms with E-state index in [1.165, 1.54) is 24.3 Å². The van der Waals surface area contributed by atoms with Gasteiger partial charge in [-0.1, -0.05) is 23.2 Å². The summed E-state index contributed by atoms with van der Waals surface area (Å²) in [4.78, 5) is 12.1. The number of rotatable bonds is 0. The van der Waals surface area contributed by atoms with Crippen LogP contribution in [0.4, 0.5) is 0 Å². The van der Waals surface area contributed by atoms with Crippen molar-refractivity contribution in [2.75, 3.05) is 0 Å². The maximum atomic E-state index is 12.2. The largest absolute Gasteiger partial charge is 0.805 e. The Labute approximate surface area is 111 Å². The Kier molecular flexibility index (Phi) is 2.43.